The van der Waals surface area contributed by atoms with E-state index in [0.717, 1.165) is 0 Å². The second-order valence-corrected chi connectivity index (χ2v) is 5.38. The van der Waals surface area contributed by atoms with Gasteiger partial charge in [0.25, 0.3) is 5.60 Å². The number of hydrogen-bond donors (Lipinski definition) is 2. The first-order valence-corrected chi connectivity index (χ1v) is 6.95. The van der Waals surface area contributed by atoms with E-state index >= 15 is 0 Å². The molecule has 0 amide bonds. The second-order valence-electron chi connectivity index (χ2n) is 4.60. The highest BCUT2D eigenvalue weighted by atomic mass is 35.5. The number of hydrogen-bond acceptors (Lipinski definition) is 3. The van der Waals surface area contributed by atoms with Crippen LogP contribution >= 0.6 is 23.2 Å². The third kappa shape index (κ3) is 3.73. The van der Waals surface area contributed by atoms with Crippen molar-refractivity contribution in [3.63, 3.8) is 0 Å². The maximum atomic E-state index is 13.0. The average Bonchev–Trinajstić information content (AvgIpc) is 2.46. The first-order chi connectivity index (χ1) is 10.5. The first-order valence-electron chi connectivity index (χ1n) is 6.19. The van der Waals surface area contributed by atoms with Gasteiger partial charge in [-0.1, -0.05) is 29.3 Å². The van der Waals surface area contributed by atoms with Gasteiger partial charge >= 0.3 is 12.1 Å². The van der Waals surface area contributed by atoms with Crippen molar-refractivity contribution in [3.05, 3.63) is 33.8 Å². The van der Waals surface area contributed by atoms with E-state index < -0.39 is 24.2 Å². The molecule has 0 fully saturated rings. The Bertz CT molecular complexity index is 644. The average molecular weight is 373 g/mol. The number of rotatable bonds is 5. The zero-order valence-corrected chi connectivity index (χ0v) is 13.6. The van der Waals surface area contributed by atoms with Crippen LogP contribution in [0.1, 0.15) is 18.9 Å². The molecule has 9 heteroatoms. The van der Waals surface area contributed by atoms with Crippen molar-refractivity contribution in [1.82, 2.24) is 0 Å². The molecule has 23 heavy (non-hydrogen) atoms. The van der Waals surface area contributed by atoms with Crippen molar-refractivity contribution in [3.8, 4) is 5.75 Å². The zero-order valence-electron chi connectivity index (χ0n) is 12.0. The van der Waals surface area contributed by atoms with Crippen molar-refractivity contribution < 1.29 is 32.9 Å². The number of carbonyl (C=O) groups is 1. The van der Waals surface area contributed by atoms with Gasteiger partial charge in [0.05, 0.1) is 12.1 Å². The highest BCUT2D eigenvalue weighted by Crippen LogP contribution is 2.43. The van der Waals surface area contributed by atoms with Gasteiger partial charge in [-0.3, -0.25) is 0 Å². The van der Waals surface area contributed by atoms with Crippen LogP contribution in [0.15, 0.2) is 18.2 Å². The number of aliphatic hydroxyl groups is 1. The maximum absolute atomic E-state index is 13.0. The predicted octanol–water partition coefficient (Wildman–Crippen LogP) is 4.17. The fourth-order valence-electron chi connectivity index (χ4n) is 1.91. The number of carboxylic acid groups (broad SMARTS) is 1. The van der Waals surface area contributed by atoms with Crippen LogP contribution in [0.2, 0.25) is 10.0 Å². The van der Waals surface area contributed by atoms with Crippen LogP contribution in [0.25, 0.3) is 5.57 Å². The van der Waals surface area contributed by atoms with E-state index in [1.165, 1.54) is 32.2 Å². The molecule has 2 N–H and O–H groups in total. The van der Waals surface area contributed by atoms with Crippen molar-refractivity contribution >= 4 is 34.7 Å². The lowest BCUT2D eigenvalue weighted by Crippen LogP contribution is -2.52. The van der Waals surface area contributed by atoms with Gasteiger partial charge < -0.3 is 14.9 Å². The molecule has 0 aliphatic rings. The molecule has 1 atom stereocenters. The van der Waals surface area contributed by atoms with Gasteiger partial charge in [0.2, 0.25) is 0 Å². The molecule has 0 saturated carbocycles. The van der Waals surface area contributed by atoms with E-state index in [9.17, 15) is 23.1 Å². The number of ether oxygens (including phenoxy) is 1. The van der Waals surface area contributed by atoms with Gasteiger partial charge in [-0.2, -0.15) is 13.2 Å². The summed E-state index contributed by atoms with van der Waals surface area (Å²) in [6.07, 6.45) is -5.34. The Morgan fingerprint density at radius 1 is 1.35 bits per heavy atom. The van der Waals surface area contributed by atoms with E-state index in [-0.39, 0.29) is 26.9 Å². The van der Waals surface area contributed by atoms with Crippen molar-refractivity contribution in [2.24, 2.45) is 0 Å². The predicted molar refractivity (Wildman–Crippen MR) is 79.9 cm³/mol. The quantitative estimate of drug-likeness (QED) is 0.813. The molecule has 0 unspecified atom stereocenters. The molecule has 128 valence electrons. The minimum Gasteiger partial charge on any atom is -0.494 e. The molecule has 4 nitrogen and oxygen atoms in total. The summed E-state index contributed by atoms with van der Waals surface area (Å²) < 4.78 is 43.9. The van der Waals surface area contributed by atoms with Crippen LogP contribution in [0, 0.1) is 0 Å². The van der Waals surface area contributed by atoms with Crippen molar-refractivity contribution in [2.75, 3.05) is 7.11 Å². The van der Waals surface area contributed by atoms with Crippen LogP contribution in [-0.2, 0) is 4.79 Å². The van der Waals surface area contributed by atoms with Gasteiger partial charge in [-0.15, -0.1) is 0 Å². The number of carboxylic acids is 1. The second kappa shape index (κ2) is 6.98. The van der Waals surface area contributed by atoms with Gasteiger partial charge in [0, 0.05) is 12.0 Å². The first kappa shape index (κ1) is 19.6. The van der Waals surface area contributed by atoms with E-state index in [4.69, 9.17) is 33.0 Å². The highest BCUT2D eigenvalue weighted by Gasteiger charge is 2.60. The Morgan fingerprint density at radius 2 is 1.91 bits per heavy atom. The Balaban J connectivity index is 3.42. The summed E-state index contributed by atoms with van der Waals surface area (Å²) in [7, 11) is 1.24. The standard InChI is InChI=1S/C14H13Cl2F3O4/c1-3-7(6-13(22,12(20)21)14(17,18)19)8-4-5-9(15)10(16)11(8)23-2/h3-5,22H,6H2,1-2H3,(H,20,21)/b7-3-/t13-/m1/s1. The topological polar surface area (TPSA) is 66.8 Å². The summed E-state index contributed by atoms with van der Waals surface area (Å²) in [6.45, 7) is 1.40. The van der Waals surface area contributed by atoms with Crippen LogP contribution in [0.5, 0.6) is 5.75 Å². The summed E-state index contributed by atoms with van der Waals surface area (Å²) in [5, 5.41) is 18.5. The summed E-state index contributed by atoms with van der Waals surface area (Å²) in [6, 6.07) is 2.67. The Kier molecular flexibility index (Phi) is 5.95. The SMILES string of the molecule is C/C=C(/C[C@@](O)(C(=O)O)C(F)(F)F)c1ccc(Cl)c(Cl)c1OC. The summed E-state index contributed by atoms with van der Waals surface area (Å²) in [5.41, 5.74) is -3.94. The van der Waals surface area contributed by atoms with Gasteiger partial charge in [0.1, 0.15) is 10.8 Å². The lowest BCUT2D eigenvalue weighted by atomic mass is 9.89. The number of benzene rings is 1. The van der Waals surface area contributed by atoms with Crippen molar-refractivity contribution in [1.29, 1.82) is 0 Å². The van der Waals surface area contributed by atoms with E-state index in [1.54, 1.807) is 0 Å². The fourth-order valence-corrected chi connectivity index (χ4v) is 2.30. The molecule has 1 rings (SSSR count). The number of methoxy groups -OCH3 is 1. The smallest absolute Gasteiger partial charge is 0.428 e. The molecule has 0 bridgehead atoms. The van der Waals surface area contributed by atoms with E-state index in [1.807, 2.05) is 0 Å². The van der Waals surface area contributed by atoms with Crippen LogP contribution in [0.3, 0.4) is 0 Å². The van der Waals surface area contributed by atoms with Crippen molar-refractivity contribution in [2.45, 2.75) is 25.1 Å². The number of allylic oxidation sites excluding steroid dienone is 1. The maximum Gasteiger partial charge on any atom is 0.428 e. The highest BCUT2D eigenvalue weighted by molar-refractivity contribution is 6.43. The molecular weight excluding hydrogens is 360 g/mol. The summed E-state index contributed by atoms with van der Waals surface area (Å²) >= 11 is 11.8. The lowest BCUT2D eigenvalue weighted by Gasteiger charge is -2.27. The molecular formula is C14H13Cl2F3O4. The number of aliphatic carboxylic acids is 1. The molecule has 1 aromatic rings. The lowest BCUT2D eigenvalue weighted by molar-refractivity contribution is -0.258. The number of halogens is 5. The van der Waals surface area contributed by atoms with Gasteiger partial charge in [-0.25, -0.2) is 4.79 Å². The molecule has 1 aromatic carbocycles. The van der Waals surface area contributed by atoms with Crippen LogP contribution in [0.4, 0.5) is 13.2 Å². The Hall–Kier alpha value is -1.44. The third-order valence-electron chi connectivity index (χ3n) is 3.22. The van der Waals surface area contributed by atoms with Crippen LogP contribution < -0.4 is 4.74 Å². The number of alkyl halides is 3. The molecule has 0 heterocycles. The summed E-state index contributed by atoms with van der Waals surface area (Å²) in [4.78, 5) is 11.0. The Labute approximate surface area is 140 Å². The van der Waals surface area contributed by atoms with E-state index in [0.29, 0.717) is 0 Å². The molecule has 0 aliphatic carbocycles. The minimum atomic E-state index is -5.36. The van der Waals surface area contributed by atoms with E-state index in [2.05, 4.69) is 0 Å². The van der Waals surface area contributed by atoms with Gasteiger partial charge in [-0.05, 0) is 24.6 Å². The molecule has 0 radical (unpaired) electrons. The molecule has 0 spiro atoms. The third-order valence-corrected chi connectivity index (χ3v) is 4.00. The normalized spacial score (nSPS) is 15.2. The molecule has 0 aromatic heterocycles. The monoisotopic (exact) mass is 372 g/mol. The minimum absolute atomic E-state index is 0.0119. The zero-order chi connectivity index (χ0) is 18.0. The largest absolute Gasteiger partial charge is 0.494 e. The van der Waals surface area contributed by atoms with Gasteiger partial charge in [0.15, 0.2) is 0 Å². The van der Waals surface area contributed by atoms with Crippen LogP contribution in [-0.4, -0.2) is 35.1 Å². The molecule has 0 saturated heterocycles. The Morgan fingerprint density at radius 3 is 2.30 bits per heavy atom. The molecule has 0 aliphatic heterocycles. The fraction of sp³-hybridized carbons (Fsp3) is 0.357. The summed E-state index contributed by atoms with van der Waals surface area (Å²) in [5.74, 6) is -2.41.